The summed E-state index contributed by atoms with van der Waals surface area (Å²) in [5, 5.41) is 10.0. The molecule has 1 fully saturated rings. The van der Waals surface area contributed by atoms with Crippen LogP contribution in [0.3, 0.4) is 0 Å². The maximum atomic E-state index is 14.0. The monoisotopic (exact) mass is 539 g/mol. The number of Topliss-reactive ketones (excluding diaryl/α,β-unsaturated/α-hetero) is 1. The van der Waals surface area contributed by atoms with Crippen LogP contribution in [-0.4, -0.2) is 22.8 Å². The summed E-state index contributed by atoms with van der Waals surface area (Å²) >= 11 is 0. The Hall–Kier alpha value is -4.13. The standard InChI is InChI=1S/C29H28F3N3O4/c1-17-24(26(37)20-12-13-20)25(19-10-8-18(16-33)9-11-19)35(39-23(36)15-28(2,3)4)27(38)34(17)22-7-5-6-21(14-22)29(30,31)32/h5-11,14,20,25H,12-13,15H2,1-4H3. The Kier molecular flexibility index (Phi) is 7.30. The predicted molar refractivity (Wildman–Crippen MR) is 136 cm³/mol. The van der Waals surface area contributed by atoms with Gasteiger partial charge in [-0.25, -0.2) is 9.59 Å². The number of carbonyl (C=O) groups is 3. The Bertz CT molecular complexity index is 1380. The van der Waals surface area contributed by atoms with E-state index in [-0.39, 0.29) is 35.1 Å². The molecular formula is C29H28F3N3O4. The van der Waals surface area contributed by atoms with Crippen molar-refractivity contribution in [3.63, 3.8) is 0 Å². The molecule has 39 heavy (non-hydrogen) atoms. The van der Waals surface area contributed by atoms with Crippen LogP contribution in [0.15, 0.2) is 59.8 Å². The molecule has 1 aliphatic carbocycles. The SMILES string of the molecule is CC1=C(C(=O)C2CC2)C(c2ccc(C#N)cc2)N(OC(=O)CC(C)(C)C)C(=O)N1c1cccc(C(F)(F)F)c1. The number of nitriles is 1. The van der Waals surface area contributed by atoms with Crippen LogP contribution in [0.25, 0.3) is 0 Å². The molecule has 1 saturated carbocycles. The summed E-state index contributed by atoms with van der Waals surface area (Å²) < 4.78 is 40.6. The highest BCUT2D eigenvalue weighted by atomic mass is 19.4. The summed E-state index contributed by atoms with van der Waals surface area (Å²) in [7, 11) is 0. The van der Waals surface area contributed by atoms with Gasteiger partial charge < -0.3 is 4.84 Å². The third kappa shape index (κ3) is 5.98. The maximum Gasteiger partial charge on any atom is 0.416 e. The topological polar surface area (TPSA) is 90.7 Å². The summed E-state index contributed by atoms with van der Waals surface area (Å²) in [4.78, 5) is 47.2. The first kappa shape index (κ1) is 27.9. The fourth-order valence-electron chi connectivity index (χ4n) is 4.50. The number of urea groups is 1. The molecule has 0 bridgehead atoms. The van der Waals surface area contributed by atoms with Crippen molar-refractivity contribution >= 4 is 23.5 Å². The Morgan fingerprint density at radius 2 is 1.72 bits per heavy atom. The molecular weight excluding hydrogens is 511 g/mol. The second-order valence-electron chi connectivity index (χ2n) is 11.0. The lowest BCUT2D eigenvalue weighted by Crippen LogP contribution is -2.51. The molecule has 2 aromatic rings. The summed E-state index contributed by atoms with van der Waals surface area (Å²) in [6.45, 7) is 6.93. The number of hydroxylamine groups is 2. The second kappa shape index (κ2) is 10.2. The molecule has 10 heteroatoms. The Balaban J connectivity index is 1.91. The van der Waals surface area contributed by atoms with Crippen molar-refractivity contribution in [3.05, 3.63) is 76.5 Å². The van der Waals surface area contributed by atoms with Gasteiger partial charge >= 0.3 is 18.2 Å². The highest BCUT2D eigenvalue weighted by Crippen LogP contribution is 2.45. The first-order valence-electron chi connectivity index (χ1n) is 12.5. The Morgan fingerprint density at radius 1 is 1.08 bits per heavy atom. The van der Waals surface area contributed by atoms with E-state index in [1.165, 1.54) is 31.2 Å². The van der Waals surface area contributed by atoms with E-state index in [4.69, 9.17) is 4.84 Å². The molecule has 0 radical (unpaired) electrons. The third-order valence-electron chi connectivity index (χ3n) is 6.49. The van der Waals surface area contributed by atoms with Crippen LogP contribution in [0.2, 0.25) is 0 Å². The van der Waals surface area contributed by atoms with Gasteiger partial charge in [0.15, 0.2) is 5.78 Å². The van der Waals surface area contributed by atoms with Crippen molar-refractivity contribution in [2.45, 2.75) is 59.2 Å². The van der Waals surface area contributed by atoms with Crippen LogP contribution < -0.4 is 4.90 Å². The molecule has 2 aliphatic rings. The molecule has 4 rings (SSSR count). The second-order valence-corrected chi connectivity index (χ2v) is 11.0. The highest BCUT2D eigenvalue weighted by molar-refractivity contribution is 6.07. The zero-order valence-corrected chi connectivity index (χ0v) is 22.0. The lowest BCUT2D eigenvalue weighted by atomic mass is 9.89. The van der Waals surface area contributed by atoms with Crippen molar-refractivity contribution in [1.29, 1.82) is 5.26 Å². The van der Waals surface area contributed by atoms with Gasteiger partial charge in [0, 0.05) is 17.2 Å². The first-order chi connectivity index (χ1) is 18.2. The Morgan fingerprint density at radius 3 is 2.26 bits per heavy atom. The molecule has 1 unspecified atom stereocenters. The lowest BCUT2D eigenvalue weighted by Gasteiger charge is -2.41. The zero-order chi connectivity index (χ0) is 28.7. The van der Waals surface area contributed by atoms with E-state index in [0.29, 0.717) is 24.0 Å². The molecule has 0 saturated heterocycles. The van der Waals surface area contributed by atoms with Crippen molar-refractivity contribution in [3.8, 4) is 6.07 Å². The molecule has 0 aromatic heterocycles. The fourth-order valence-corrected chi connectivity index (χ4v) is 4.50. The Labute approximate surface area is 224 Å². The molecule has 1 aliphatic heterocycles. The number of nitrogens with zero attached hydrogens (tertiary/aromatic N) is 3. The number of benzene rings is 2. The van der Waals surface area contributed by atoms with Crippen molar-refractivity contribution in [2.24, 2.45) is 11.3 Å². The van der Waals surface area contributed by atoms with Crippen LogP contribution >= 0.6 is 0 Å². The van der Waals surface area contributed by atoms with Crippen LogP contribution in [0, 0.1) is 22.7 Å². The van der Waals surface area contributed by atoms with Gasteiger partial charge in [-0.3, -0.25) is 9.69 Å². The molecule has 1 heterocycles. The zero-order valence-electron chi connectivity index (χ0n) is 22.0. The van der Waals surface area contributed by atoms with E-state index in [9.17, 15) is 32.8 Å². The number of rotatable bonds is 6. The molecule has 2 amide bonds. The van der Waals surface area contributed by atoms with Crippen LogP contribution in [0.5, 0.6) is 0 Å². The number of hydrogen-bond acceptors (Lipinski definition) is 5. The average molecular weight is 540 g/mol. The largest absolute Gasteiger partial charge is 0.416 e. The van der Waals surface area contributed by atoms with Gasteiger partial charge in [-0.15, -0.1) is 5.06 Å². The van der Waals surface area contributed by atoms with Gasteiger partial charge in [0.1, 0.15) is 6.04 Å². The number of carbonyl (C=O) groups excluding carboxylic acids is 3. The first-order valence-corrected chi connectivity index (χ1v) is 12.5. The van der Waals surface area contributed by atoms with Gasteiger partial charge in [0.05, 0.1) is 29.3 Å². The minimum Gasteiger partial charge on any atom is -0.336 e. The molecule has 0 spiro atoms. The van der Waals surface area contributed by atoms with E-state index in [0.717, 1.165) is 22.1 Å². The number of ketones is 1. The number of alkyl halides is 3. The number of amides is 2. The highest BCUT2D eigenvalue weighted by Gasteiger charge is 2.48. The normalized spacial score (nSPS) is 18.2. The number of halogens is 3. The lowest BCUT2D eigenvalue weighted by molar-refractivity contribution is -0.185. The van der Waals surface area contributed by atoms with Gasteiger partial charge in [-0.2, -0.15) is 18.4 Å². The van der Waals surface area contributed by atoms with Crippen LogP contribution in [0.1, 0.15) is 69.7 Å². The van der Waals surface area contributed by atoms with E-state index in [2.05, 4.69) is 0 Å². The molecule has 204 valence electrons. The summed E-state index contributed by atoms with van der Waals surface area (Å²) in [5.41, 5.74) is -0.531. The van der Waals surface area contributed by atoms with Crippen LogP contribution in [-0.2, 0) is 20.6 Å². The average Bonchev–Trinajstić information content (AvgIpc) is 3.69. The van der Waals surface area contributed by atoms with Gasteiger partial charge in [-0.1, -0.05) is 39.0 Å². The maximum absolute atomic E-state index is 14.0. The van der Waals surface area contributed by atoms with E-state index < -0.39 is 35.2 Å². The fraction of sp³-hybridized carbons (Fsp3) is 0.379. The van der Waals surface area contributed by atoms with Crippen molar-refractivity contribution in [1.82, 2.24) is 5.06 Å². The quantitative estimate of drug-likeness (QED) is 0.407. The minimum atomic E-state index is -4.66. The number of anilines is 1. The van der Waals surface area contributed by atoms with E-state index >= 15 is 0 Å². The molecule has 0 N–H and O–H groups in total. The third-order valence-corrected chi connectivity index (χ3v) is 6.49. The van der Waals surface area contributed by atoms with E-state index in [1.54, 1.807) is 12.1 Å². The van der Waals surface area contributed by atoms with Gasteiger partial charge in [-0.05, 0) is 61.1 Å². The van der Waals surface area contributed by atoms with E-state index in [1.807, 2.05) is 26.8 Å². The molecule has 1 atom stereocenters. The minimum absolute atomic E-state index is 0.0605. The summed E-state index contributed by atoms with van der Waals surface area (Å²) in [5.74, 6) is -1.32. The molecule has 2 aromatic carbocycles. The van der Waals surface area contributed by atoms with Crippen LogP contribution in [0.4, 0.5) is 23.7 Å². The number of allylic oxidation sites excluding steroid dienone is 1. The smallest absolute Gasteiger partial charge is 0.336 e. The van der Waals surface area contributed by atoms with Gasteiger partial charge in [0.2, 0.25) is 0 Å². The molecule has 7 nitrogen and oxygen atoms in total. The number of hydrogen-bond donors (Lipinski definition) is 0. The van der Waals surface area contributed by atoms with Crippen molar-refractivity contribution < 1.29 is 32.4 Å². The van der Waals surface area contributed by atoms with Crippen molar-refractivity contribution in [2.75, 3.05) is 4.90 Å². The van der Waals surface area contributed by atoms with Gasteiger partial charge in [0.25, 0.3) is 0 Å². The predicted octanol–water partition coefficient (Wildman–Crippen LogP) is 6.71. The summed E-state index contributed by atoms with van der Waals surface area (Å²) in [6.07, 6.45) is -3.45. The summed E-state index contributed by atoms with van der Waals surface area (Å²) in [6, 6.07) is 10.3.